The van der Waals surface area contributed by atoms with Crippen molar-refractivity contribution < 1.29 is 14.7 Å². The fourth-order valence-corrected chi connectivity index (χ4v) is 2.17. The molecule has 110 valence electrons. The van der Waals surface area contributed by atoms with Crippen molar-refractivity contribution in [1.82, 2.24) is 10.6 Å². The van der Waals surface area contributed by atoms with E-state index < -0.39 is 11.9 Å². The van der Waals surface area contributed by atoms with Gasteiger partial charge >= 0.3 is 5.97 Å². The summed E-state index contributed by atoms with van der Waals surface area (Å²) in [5.74, 6) is -1.51. The molecular weight excluding hydrogens is 258 g/mol. The second-order valence-corrected chi connectivity index (χ2v) is 4.92. The van der Waals surface area contributed by atoms with Crippen molar-refractivity contribution in [1.29, 1.82) is 5.26 Å². The van der Waals surface area contributed by atoms with Crippen molar-refractivity contribution in [2.75, 3.05) is 6.54 Å². The molecule has 6 heteroatoms. The third-order valence-corrected chi connectivity index (χ3v) is 3.31. The standard InChI is InChI=1S/C14H21N3O3/c15-9-11(14(20)16-8-7-13(18)19)10-17-12-5-3-1-2-4-6-12/h10,12,17H,1-8H2,(H,16,20)(H,18,19)/b11-10-. The van der Waals surface area contributed by atoms with Gasteiger partial charge in [0.1, 0.15) is 11.6 Å². The van der Waals surface area contributed by atoms with Gasteiger partial charge in [0.15, 0.2) is 0 Å². The SMILES string of the molecule is N#C/C(=C/NC1CCCCCC1)C(=O)NCCC(=O)O. The number of amides is 1. The van der Waals surface area contributed by atoms with Crippen LogP contribution in [0.3, 0.4) is 0 Å². The molecule has 0 unspecified atom stereocenters. The minimum Gasteiger partial charge on any atom is -0.481 e. The first-order valence-corrected chi connectivity index (χ1v) is 7.00. The van der Waals surface area contributed by atoms with E-state index in [4.69, 9.17) is 10.4 Å². The molecule has 0 aromatic rings. The molecule has 1 saturated carbocycles. The van der Waals surface area contributed by atoms with E-state index in [1.165, 1.54) is 19.0 Å². The number of hydrogen-bond donors (Lipinski definition) is 3. The molecule has 0 atom stereocenters. The van der Waals surface area contributed by atoms with Crippen LogP contribution in [0.5, 0.6) is 0 Å². The van der Waals surface area contributed by atoms with Crippen molar-refractivity contribution in [3.63, 3.8) is 0 Å². The molecule has 0 heterocycles. The van der Waals surface area contributed by atoms with Crippen LogP contribution < -0.4 is 10.6 Å². The normalized spacial score (nSPS) is 16.9. The summed E-state index contributed by atoms with van der Waals surface area (Å²) in [6.07, 6.45) is 8.21. The number of rotatable bonds is 6. The Labute approximate surface area is 118 Å². The van der Waals surface area contributed by atoms with Gasteiger partial charge in [-0.2, -0.15) is 5.26 Å². The Morgan fingerprint density at radius 2 is 1.90 bits per heavy atom. The van der Waals surface area contributed by atoms with Gasteiger partial charge in [-0.1, -0.05) is 25.7 Å². The Hall–Kier alpha value is -2.03. The second kappa shape index (κ2) is 8.97. The van der Waals surface area contributed by atoms with Crippen molar-refractivity contribution in [3.8, 4) is 6.07 Å². The van der Waals surface area contributed by atoms with Crippen molar-refractivity contribution in [2.45, 2.75) is 51.0 Å². The number of nitrogens with zero attached hydrogens (tertiary/aromatic N) is 1. The summed E-state index contributed by atoms with van der Waals surface area (Å²) >= 11 is 0. The third-order valence-electron chi connectivity index (χ3n) is 3.31. The number of carboxylic acids is 1. The first-order chi connectivity index (χ1) is 9.63. The predicted molar refractivity (Wildman–Crippen MR) is 73.6 cm³/mol. The highest BCUT2D eigenvalue weighted by atomic mass is 16.4. The molecule has 6 nitrogen and oxygen atoms in total. The lowest BCUT2D eigenvalue weighted by molar-refractivity contribution is -0.136. The molecule has 0 bridgehead atoms. The van der Waals surface area contributed by atoms with Gasteiger partial charge in [0.2, 0.25) is 0 Å². The maximum absolute atomic E-state index is 11.7. The molecule has 0 aromatic heterocycles. The molecule has 0 spiro atoms. The van der Waals surface area contributed by atoms with Crippen LogP contribution in [0.15, 0.2) is 11.8 Å². The van der Waals surface area contributed by atoms with E-state index in [0.29, 0.717) is 6.04 Å². The van der Waals surface area contributed by atoms with Gasteiger partial charge in [-0.25, -0.2) is 0 Å². The van der Waals surface area contributed by atoms with Crippen LogP contribution in [0.1, 0.15) is 44.9 Å². The van der Waals surface area contributed by atoms with Gasteiger partial charge in [0, 0.05) is 18.8 Å². The van der Waals surface area contributed by atoms with E-state index >= 15 is 0 Å². The van der Waals surface area contributed by atoms with Gasteiger partial charge in [-0.3, -0.25) is 9.59 Å². The number of carbonyl (C=O) groups is 2. The van der Waals surface area contributed by atoms with E-state index in [-0.39, 0.29) is 18.5 Å². The minimum atomic E-state index is -0.982. The first kappa shape index (κ1) is 16.0. The summed E-state index contributed by atoms with van der Waals surface area (Å²) in [6, 6.07) is 2.15. The summed E-state index contributed by atoms with van der Waals surface area (Å²) in [7, 11) is 0. The highest BCUT2D eigenvalue weighted by Crippen LogP contribution is 2.17. The Morgan fingerprint density at radius 3 is 2.45 bits per heavy atom. The average Bonchev–Trinajstić information content (AvgIpc) is 2.67. The zero-order valence-corrected chi connectivity index (χ0v) is 11.5. The monoisotopic (exact) mass is 279 g/mol. The third kappa shape index (κ3) is 6.23. The topological polar surface area (TPSA) is 102 Å². The number of nitrogens with one attached hydrogen (secondary N) is 2. The van der Waals surface area contributed by atoms with Gasteiger partial charge in [-0.05, 0) is 12.8 Å². The zero-order chi connectivity index (χ0) is 14.8. The smallest absolute Gasteiger partial charge is 0.305 e. The molecule has 3 N–H and O–H groups in total. The summed E-state index contributed by atoms with van der Waals surface area (Å²) < 4.78 is 0. The van der Waals surface area contributed by atoms with Crippen molar-refractivity contribution >= 4 is 11.9 Å². The highest BCUT2D eigenvalue weighted by molar-refractivity contribution is 5.97. The van der Waals surface area contributed by atoms with Crippen molar-refractivity contribution in [3.05, 3.63) is 11.8 Å². The fraction of sp³-hybridized carbons (Fsp3) is 0.643. The molecule has 1 rings (SSSR count). The number of hydrogen-bond acceptors (Lipinski definition) is 4. The fourth-order valence-electron chi connectivity index (χ4n) is 2.17. The Balaban J connectivity index is 2.43. The minimum absolute atomic E-state index is 0.0142. The quantitative estimate of drug-likeness (QED) is 0.386. The largest absolute Gasteiger partial charge is 0.481 e. The molecule has 1 fully saturated rings. The zero-order valence-electron chi connectivity index (χ0n) is 11.5. The summed E-state index contributed by atoms with van der Waals surface area (Å²) in [6.45, 7) is 0.0244. The lowest BCUT2D eigenvalue weighted by atomic mass is 10.1. The Bertz CT molecular complexity index is 404. The Kier molecular flexibility index (Phi) is 7.18. The number of nitriles is 1. The molecule has 1 aliphatic carbocycles. The van der Waals surface area contributed by atoms with Crippen LogP contribution in [0.25, 0.3) is 0 Å². The van der Waals surface area contributed by atoms with E-state index in [9.17, 15) is 9.59 Å². The predicted octanol–water partition coefficient (Wildman–Crippen LogP) is 1.30. The second-order valence-electron chi connectivity index (χ2n) is 4.92. The highest BCUT2D eigenvalue weighted by Gasteiger charge is 2.13. The Morgan fingerprint density at radius 1 is 1.25 bits per heavy atom. The lowest BCUT2D eigenvalue weighted by Crippen LogP contribution is -2.29. The van der Waals surface area contributed by atoms with Gasteiger partial charge < -0.3 is 15.7 Å². The van der Waals surface area contributed by atoms with E-state index in [1.807, 2.05) is 6.07 Å². The number of carboxylic acid groups (broad SMARTS) is 1. The first-order valence-electron chi connectivity index (χ1n) is 7.00. The van der Waals surface area contributed by atoms with Crippen LogP contribution in [0, 0.1) is 11.3 Å². The summed E-state index contributed by atoms with van der Waals surface area (Å²) in [5.41, 5.74) is -0.0142. The summed E-state index contributed by atoms with van der Waals surface area (Å²) in [4.78, 5) is 22.0. The molecule has 0 radical (unpaired) electrons. The average molecular weight is 279 g/mol. The maximum atomic E-state index is 11.7. The number of carbonyl (C=O) groups excluding carboxylic acids is 1. The van der Waals surface area contributed by atoms with E-state index in [2.05, 4.69) is 10.6 Å². The molecule has 1 aliphatic rings. The van der Waals surface area contributed by atoms with Crippen LogP contribution in [-0.2, 0) is 9.59 Å². The van der Waals surface area contributed by atoms with Gasteiger partial charge in [0.05, 0.1) is 6.42 Å². The molecule has 1 amide bonds. The van der Waals surface area contributed by atoms with Crippen LogP contribution in [0.2, 0.25) is 0 Å². The molecular formula is C14H21N3O3. The molecule has 0 aromatic carbocycles. The van der Waals surface area contributed by atoms with E-state index in [0.717, 1.165) is 25.7 Å². The van der Waals surface area contributed by atoms with Crippen molar-refractivity contribution in [2.24, 2.45) is 0 Å². The number of aliphatic carboxylic acids is 1. The van der Waals surface area contributed by atoms with Gasteiger partial charge in [0.25, 0.3) is 5.91 Å². The summed E-state index contributed by atoms with van der Waals surface area (Å²) in [5, 5.41) is 23.0. The molecule has 0 aliphatic heterocycles. The maximum Gasteiger partial charge on any atom is 0.305 e. The lowest BCUT2D eigenvalue weighted by Gasteiger charge is -2.14. The van der Waals surface area contributed by atoms with Crippen LogP contribution >= 0.6 is 0 Å². The molecule has 0 saturated heterocycles. The van der Waals surface area contributed by atoms with Crippen LogP contribution in [0.4, 0.5) is 0 Å². The van der Waals surface area contributed by atoms with Crippen LogP contribution in [-0.4, -0.2) is 29.6 Å². The van der Waals surface area contributed by atoms with E-state index in [1.54, 1.807) is 0 Å². The molecule has 20 heavy (non-hydrogen) atoms. The van der Waals surface area contributed by atoms with Gasteiger partial charge in [-0.15, -0.1) is 0 Å².